The summed E-state index contributed by atoms with van der Waals surface area (Å²) in [7, 11) is 0. The van der Waals surface area contributed by atoms with E-state index in [0.29, 0.717) is 21.8 Å². The molecule has 0 aliphatic carbocycles. The van der Waals surface area contributed by atoms with Gasteiger partial charge in [0.25, 0.3) is 5.91 Å². The monoisotopic (exact) mass is 305 g/mol. The molecule has 0 atom stereocenters. The van der Waals surface area contributed by atoms with Gasteiger partial charge in [-0.1, -0.05) is 23.5 Å². The van der Waals surface area contributed by atoms with Crippen molar-refractivity contribution in [3.63, 3.8) is 0 Å². The van der Waals surface area contributed by atoms with Crippen LogP contribution in [0.15, 0.2) is 29.4 Å². The summed E-state index contributed by atoms with van der Waals surface area (Å²) in [5.74, 6) is -0.0979. The number of aromatic nitrogens is 2. The molecule has 0 aliphatic rings. The van der Waals surface area contributed by atoms with Crippen LogP contribution in [0.25, 0.3) is 0 Å². The van der Waals surface area contributed by atoms with E-state index in [1.807, 2.05) is 13.8 Å². The molecule has 2 aromatic rings. The highest BCUT2D eigenvalue weighted by atomic mass is 32.1. The number of amidine groups is 1. The topological polar surface area (TPSA) is 113 Å². The molecule has 8 heteroatoms. The van der Waals surface area contributed by atoms with E-state index < -0.39 is 0 Å². The quantitative estimate of drug-likeness (QED) is 0.346. The molecule has 0 saturated heterocycles. The molecule has 0 radical (unpaired) electrons. The van der Waals surface area contributed by atoms with Gasteiger partial charge in [0.1, 0.15) is 4.88 Å². The lowest BCUT2D eigenvalue weighted by Crippen LogP contribution is -2.15. The SMILES string of the molecule is CC(C)c1nnsc1C(=O)Nc1ccc(C(N)=NO)cc1. The number of hydrogen-bond acceptors (Lipinski definition) is 6. The fourth-order valence-corrected chi connectivity index (χ4v) is 2.42. The van der Waals surface area contributed by atoms with Gasteiger partial charge in [-0.3, -0.25) is 4.79 Å². The summed E-state index contributed by atoms with van der Waals surface area (Å²) in [5.41, 5.74) is 7.34. The Morgan fingerprint density at radius 3 is 2.62 bits per heavy atom. The third-order valence-corrected chi connectivity index (χ3v) is 3.55. The van der Waals surface area contributed by atoms with Crippen LogP contribution < -0.4 is 11.1 Å². The molecule has 2 rings (SSSR count). The summed E-state index contributed by atoms with van der Waals surface area (Å²) in [6.45, 7) is 3.92. The van der Waals surface area contributed by atoms with Crippen LogP contribution in [0.5, 0.6) is 0 Å². The summed E-state index contributed by atoms with van der Waals surface area (Å²) >= 11 is 1.07. The fraction of sp³-hybridized carbons (Fsp3) is 0.231. The molecule has 4 N–H and O–H groups in total. The van der Waals surface area contributed by atoms with Gasteiger partial charge in [-0.25, -0.2) is 0 Å². The maximum atomic E-state index is 12.2. The molecule has 1 aromatic carbocycles. The minimum Gasteiger partial charge on any atom is -0.409 e. The van der Waals surface area contributed by atoms with Gasteiger partial charge in [-0.2, -0.15) is 0 Å². The molecule has 0 saturated carbocycles. The number of hydrogen-bond donors (Lipinski definition) is 3. The van der Waals surface area contributed by atoms with Gasteiger partial charge in [0, 0.05) is 11.3 Å². The van der Waals surface area contributed by atoms with Crippen molar-refractivity contribution in [3.8, 4) is 0 Å². The average Bonchev–Trinajstić information content (AvgIpc) is 2.97. The van der Waals surface area contributed by atoms with Crippen LogP contribution in [-0.2, 0) is 0 Å². The maximum Gasteiger partial charge on any atom is 0.269 e. The Morgan fingerprint density at radius 2 is 2.05 bits per heavy atom. The molecule has 1 aromatic heterocycles. The van der Waals surface area contributed by atoms with Gasteiger partial charge in [-0.15, -0.1) is 5.10 Å². The fourth-order valence-electron chi connectivity index (χ4n) is 1.70. The zero-order chi connectivity index (χ0) is 15.4. The Labute approximate surface area is 125 Å². The smallest absolute Gasteiger partial charge is 0.269 e. The highest BCUT2D eigenvalue weighted by Crippen LogP contribution is 2.21. The van der Waals surface area contributed by atoms with E-state index in [1.54, 1.807) is 24.3 Å². The van der Waals surface area contributed by atoms with Gasteiger partial charge < -0.3 is 16.3 Å². The van der Waals surface area contributed by atoms with E-state index in [1.165, 1.54) is 0 Å². The van der Waals surface area contributed by atoms with Gasteiger partial charge in [0.2, 0.25) is 0 Å². The molecule has 1 heterocycles. The molecule has 21 heavy (non-hydrogen) atoms. The lowest BCUT2D eigenvalue weighted by atomic mass is 10.1. The summed E-state index contributed by atoms with van der Waals surface area (Å²) in [6, 6.07) is 6.65. The Bertz CT molecular complexity index is 663. The van der Waals surface area contributed by atoms with Crippen LogP contribution in [0.4, 0.5) is 5.69 Å². The van der Waals surface area contributed by atoms with E-state index in [0.717, 1.165) is 11.5 Å². The Morgan fingerprint density at radius 1 is 1.38 bits per heavy atom. The van der Waals surface area contributed by atoms with Crippen molar-refractivity contribution in [2.45, 2.75) is 19.8 Å². The van der Waals surface area contributed by atoms with Crippen LogP contribution >= 0.6 is 11.5 Å². The first kappa shape index (κ1) is 14.9. The second kappa shape index (κ2) is 6.31. The molecule has 0 spiro atoms. The van der Waals surface area contributed by atoms with Crippen molar-refractivity contribution in [2.24, 2.45) is 10.9 Å². The van der Waals surface area contributed by atoms with Crippen LogP contribution in [0.2, 0.25) is 0 Å². The number of nitrogens with two attached hydrogens (primary N) is 1. The molecule has 0 fully saturated rings. The second-order valence-corrected chi connectivity index (χ2v) is 5.41. The van der Waals surface area contributed by atoms with E-state index in [2.05, 4.69) is 20.1 Å². The largest absolute Gasteiger partial charge is 0.409 e. The number of anilines is 1. The summed E-state index contributed by atoms with van der Waals surface area (Å²) < 4.78 is 3.83. The zero-order valence-electron chi connectivity index (χ0n) is 11.6. The highest BCUT2D eigenvalue weighted by molar-refractivity contribution is 7.08. The number of amides is 1. The van der Waals surface area contributed by atoms with Crippen LogP contribution in [-0.4, -0.2) is 26.5 Å². The van der Waals surface area contributed by atoms with Gasteiger partial charge in [-0.05, 0) is 41.7 Å². The van der Waals surface area contributed by atoms with Gasteiger partial charge >= 0.3 is 0 Å². The summed E-state index contributed by atoms with van der Waals surface area (Å²) in [5, 5.41) is 18.3. The minimum absolute atomic E-state index is 0.0154. The molecule has 0 aliphatic heterocycles. The number of nitrogens with one attached hydrogen (secondary N) is 1. The normalized spacial score (nSPS) is 11.7. The average molecular weight is 305 g/mol. The van der Waals surface area contributed by atoms with Gasteiger partial charge in [0.15, 0.2) is 5.84 Å². The number of carbonyl (C=O) groups is 1. The molecule has 0 unspecified atom stereocenters. The van der Waals surface area contributed by atoms with Crippen molar-refractivity contribution in [2.75, 3.05) is 5.32 Å². The van der Waals surface area contributed by atoms with Crippen LogP contribution in [0, 0.1) is 0 Å². The van der Waals surface area contributed by atoms with Crippen molar-refractivity contribution >= 4 is 29.0 Å². The first-order valence-corrected chi connectivity index (χ1v) is 7.01. The Hall–Kier alpha value is -2.48. The number of benzene rings is 1. The molecule has 110 valence electrons. The second-order valence-electron chi connectivity index (χ2n) is 4.66. The van der Waals surface area contributed by atoms with Crippen molar-refractivity contribution in [1.29, 1.82) is 0 Å². The third kappa shape index (κ3) is 3.34. The molecule has 0 bridgehead atoms. The number of nitrogens with zero attached hydrogens (tertiary/aromatic N) is 3. The van der Waals surface area contributed by atoms with Crippen molar-refractivity contribution in [1.82, 2.24) is 9.59 Å². The number of carbonyl (C=O) groups excluding carboxylic acids is 1. The summed E-state index contributed by atoms with van der Waals surface area (Å²) in [6.07, 6.45) is 0. The number of oxime groups is 1. The molecular formula is C13H15N5O2S. The predicted octanol–water partition coefficient (Wildman–Crippen LogP) is 2.01. The predicted molar refractivity (Wildman–Crippen MR) is 80.9 cm³/mol. The molecule has 1 amide bonds. The Balaban J connectivity index is 2.14. The third-order valence-electron chi connectivity index (χ3n) is 2.81. The first-order valence-electron chi connectivity index (χ1n) is 6.24. The van der Waals surface area contributed by atoms with E-state index in [-0.39, 0.29) is 17.7 Å². The van der Waals surface area contributed by atoms with Crippen LogP contribution in [0.3, 0.4) is 0 Å². The van der Waals surface area contributed by atoms with Gasteiger partial charge in [0.05, 0.1) is 5.69 Å². The number of rotatable bonds is 4. The van der Waals surface area contributed by atoms with E-state index in [4.69, 9.17) is 10.9 Å². The minimum atomic E-state index is -0.245. The first-order chi connectivity index (χ1) is 10.0. The lowest BCUT2D eigenvalue weighted by Gasteiger charge is -2.07. The Kier molecular flexibility index (Phi) is 4.49. The van der Waals surface area contributed by atoms with Crippen LogP contribution in [0.1, 0.15) is 40.7 Å². The standard InChI is InChI=1S/C13H15N5O2S/c1-7(2)10-11(21-18-16-10)13(19)15-9-5-3-8(4-6-9)12(14)17-20/h3-7,20H,1-2H3,(H2,14,17)(H,15,19). The maximum absolute atomic E-state index is 12.2. The highest BCUT2D eigenvalue weighted by Gasteiger charge is 2.18. The van der Waals surface area contributed by atoms with E-state index in [9.17, 15) is 4.79 Å². The summed E-state index contributed by atoms with van der Waals surface area (Å²) in [4.78, 5) is 12.7. The van der Waals surface area contributed by atoms with Crippen molar-refractivity contribution < 1.29 is 10.0 Å². The molecule has 7 nitrogen and oxygen atoms in total. The lowest BCUT2D eigenvalue weighted by molar-refractivity contribution is 0.102. The van der Waals surface area contributed by atoms with Crippen molar-refractivity contribution in [3.05, 3.63) is 40.4 Å². The zero-order valence-corrected chi connectivity index (χ0v) is 12.4. The molecular weight excluding hydrogens is 290 g/mol. The van der Waals surface area contributed by atoms with E-state index >= 15 is 0 Å².